The first-order chi connectivity index (χ1) is 12.3. The molecule has 0 unspecified atom stereocenters. The molecule has 0 saturated carbocycles. The molecular formula is C17H25ClN2O5S. The Balaban J connectivity index is 1.81. The predicted octanol–water partition coefficient (Wildman–Crippen LogP) is 1.19. The van der Waals surface area contributed by atoms with Crippen LogP contribution in [0.2, 0.25) is 5.02 Å². The van der Waals surface area contributed by atoms with Crippen molar-refractivity contribution in [3.05, 3.63) is 34.9 Å². The molecule has 9 heteroatoms. The molecule has 7 nitrogen and oxygen atoms in total. The minimum absolute atomic E-state index is 0.0296. The van der Waals surface area contributed by atoms with Crippen molar-refractivity contribution in [2.24, 2.45) is 0 Å². The van der Waals surface area contributed by atoms with Gasteiger partial charge in [-0.05, 0) is 37.5 Å². The van der Waals surface area contributed by atoms with Gasteiger partial charge in [0.2, 0.25) is 15.9 Å². The van der Waals surface area contributed by atoms with Crippen molar-refractivity contribution < 1.29 is 23.1 Å². The largest absolute Gasteiger partial charge is 0.394 e. The van der Waals surface area contributed by atoms with E-state index >= 15 is 0 Å². The Bertz CT molecular complexity index is 696. The van der Waals surface area contributed by atoms with E-state index in [4.69, 9.17) is 16.3 Å². The van der Waals surface area contributed by atoms with E-state index in [-0.39, 0.29) is 30.8 Å². The third-order valence-corrected chi connectivity index (χ3v) is 6.00. The molecule has 1 saturated heterocycles. The number of hydrogen-bond acceptors (Lipinski definition) is 5. The summed E-state index contributed by atoms with van der Waals surface area (Å²) >= 11 is 5.82. The lowest BCUT2D eigenvalue weighted by molar-refractivity contribution is -0.130. The molecule has 1 amide bonds. The summed E-state index contributed by atoms with van der Waals surface area (Å²) in [5, 5.41) is 12.9. The molecular weight excluding hydrogens is 380 g/mol. The average Bonchev–Trinajstić information content (AvgIpc) is 2.62. The van der Waals surface area contributed by atoms with Crippen molar-refractivity contribution in [1.82, 2.24) is 10.0 Å². The van der Waals surface area contributed by atoms with E-state index in [1.165, 1.54) is 0 Å². The molecule has 1 heterocycles. The van der Waals surface area contributed by atoms with Gasteiger partial charge in [-0.3, -0.25) is 4.79 Å². The van der Waals surface area contributed by atoms with E-state index in [2.05, 4.69) is 10.0 Å². The van der Waals surface area contributed by atoms with Gasteiger partial charge in [-0.15, -0.1) is 0 Å². The number of aliphatic hydroxyl groups is 1. The zero-order valence-corrected chi connectivity index (χ0v) is 16.2. The van der Waals surface area contributed by atoms with Gasteiger partial charge in [0.05, 0.1) is 37.0 Å². The van der Waals surface area contributed by atoms with Crippen LogP contribution in [0.5, 0.6) is 0 Å². The smallest absolute Gasteiger partial charge is 0.222 e. The number of sulfonamides is 1. The summed E-state index contributed by atoms with van der Waals surface area (Å²) < 4.78 is 31.7. The summed E-state index contributed by atoms with van der Waals surface area (Å²) in [6.45, 7) is 1.64. The first-order valence-corrected chi connectivity index (χ1v) is 10.6. The highest BCUT2D eigenvalue weighted by atomic mass is 35.5. The van der Waals surface area contributed by atoms with Crippen LogP contribution in [-0.4, -0.2) is 50.0 Å². The number of rotatable bonds is 8. The van der Waals surface area contributed by atoms with E-state index in [0.29, 0.717) is 24.4 Å². The first-order valence-electron chi connectivity index (χ1n) is 8.60. The second kappa shape index (κ2) is 9.66. The van der Waals surface area contributed by atoms with Crippen LogP contribution in [0, 0.1) is 0 Å². The zero-order chi connectivity index (χ0) is 19.2. The molecule has 26 heavy (non-hydrogen) atoms. The number of nitrogens with one attached hydrogen (secondary N) is 2. The Kier molecular flexibility index (Phi) is 7.85. The minimum atomic E-state index is -3.37. The Labute approximate surface area is 159 Å². The van der Waals surface area contributed by atoms with Crippen LogP contribution in [0.3, 0.4) is 0 Å². The molecule has 146 valence electrons. The van der Waals surface area contributed by atoms with Crippen molar-refractivity contribution in [2.45, 2.75) is 51.0 Å². The first kappa shape index (κ1) is 21.1. The maximum absolute atomic E-state index is 12.1. The molecule has 1 aromatic rings. The normalized spacial score (nSPS) is 23.6. The van der Waals surface area contributed by atoms with Crippen molar-refractivity contribution in [1.29, 1.82) is 0 Å². The molecule has 3 N–H and O–H groups in total. The molecule has 1 aromatic carbocycles. The van der Waals surface area contributed by atoms with Gasteiger partial charge in [-0.25, -0.2) is 13.1 Å². The van der Waals surface area contributed by atoms with Gasteiger partial charge in [0.25, 0.3) is 0 Å². The second-order valence-corrected chi connectivity index (χ2v) is 8.77. The Morgan fingerprint density at radius 3 is 2.62 bits per heavy atom. The quantitative estimate of drug-likeness (QED) is 0.603. The summed E-state index contributed by atoms with van der Waals surface area (Å²) in [6, 6.07) is 6.73. The predicted molar refractivity (Wildman–Crippen MR) is 99.3 cm³/mol. The molecule has 3 atom stereocenters. The van der Waals surface area contributed by atoms with Crippen LogP contribution in [0.25, 0.3) is 0 Å². The fraction of sp³-hybridized carbons (Fsp3) is 0.588. The highest BCUT2D eigenvalue weighted by Gasteiger charge is 2.33. The van der Waals surface area contributed by atoms with E-state index < -0.39 is 22.2 Å². The summed E-state index contributed by atoms with van der Waals surface area (Å²) in [5.41, 5.74) is 0.939. The number of carbonyl (C=O) groups is 1. The lowest BCUT2D eigenvalue weighted by atomic mass is 9.98. The van der Waals surface area contributed by atoms with Gasteiger partial charge in [-0.1, -0.05) is 23.7 Å². The van der Waals surface area contributed by atoms with E-state index in [0.717, 1.165) is 5.56 Å². The number of benzene rings is 1. The lowest BCUT2D eigenvalue weighted by Gasteiger charge is -2.35. The topological polar surface area (TPSA) is 105 Å². The number of ether oxygens (including phenoxy) is 1. The van der Waals surface area contributed by atoms with E-state index in [1.807, 2.05) is 12.1 Å². The van der Waals surface area contributed by atoms with Gasteiger partial charge in [0.1, 0.15) is 0 Å². The Morgan fingerprint density at radius 1 is 1.31 bits per heavy atom. The highest BCUT2D eigenvalue weighted by Crippen LogP contribution is 2.22. The van der Waals surface area contributed by atoms with Gasteiger partial charge in [-0.2, -0.15) is 0 Å². The number of aliphatic hydroxyl groups excluding tert-OH is 1. The molecule has 0 bridgehead atoms. The molecule has 0 spiro atoms. The van der Waals surface area contributed by atoms with Crippen LogP contribution in [-0.2, 0) is 26.1 Å². The monoisotopic (exact) mass is 404 g/mol. The third-order valence-electron chi connectivity index (χ3n) is 4.32. The summed E-state index contributed by atoms with van der Waals surface area (Å²) in [7, 11) is -3.37. The van der Waals surface area contributed by atoms with Gasteiger partial charge >= 0.3 is 0 Å². The fourth-order valence-electron chi connectivity index (χ4n) is 2.81. The molecule has 0 radical (unpaired) electrons. The number of hydrogen-bond donors (Lipinski definition) is 3. The number of halogens is 1. The Hall–Kier alpha value is -1.19. The molecule has 2 rings (SSSR count). The van der Waals surface area contributed by atoms with Crippen LogP contribution < -0.4 is 10.0 Å². The zero-order valence-electron chi connectivity index (χ0n) is 14.7. The SMILES string of the molecule is CCS(=O)(=O)N[C@H]1CC[C@@H](CC(=O)NCc2ccc(Cl)cc2)O[C@@H]1CO. The standard InChI is InChI=1S/C17H25ClN2O5S/c1-2-26(23,24)20-15-8-7-14(25-16(15)11-21)9-17(22)19-10-12-3-5-13(18)6-4-12/h3-6,14-16,20-21H,2,7-11H2,1H3,(H,19,22)/t14-,15-,16+/m0/s1. The van der Waals surface area contributed by atoms with Crippen molar-refractivity contribution in [3.63, 3.8) is 0 Å². The van der Waals surface area contributed by atoms with Gasteiger partial charge < -0.3 is 15.2 Å². The van der Waals surface area contributed by atoms with Gasteiger partial charge in [0.15, 0.2) is 0 Å². The minimum Gasteiger partial charge on any atom is -0.394 e. The van der Waals surface area contributed by atoms with Crippen LogP contribution in [0.1, 0.15) is 31.7 Å². The average molecular weight is 405 g/mol. The molecule has 0 aliphatic carbocycles. The second-order valence-electron chi connectivity index (χ2n) is 6.29. The Morgan fingerprint density at radius 2 is 2.00 bits per heavy atom. The number of amides is 1. The van der Waals surface area contributed by atoms with Crippen molar-refractivity contribution in [2.75, 3.05) is 12.4 Å². The maximum atomic E-state index is 12.1. The number of carbonyl (C=O) groups excluding carboxylic acids is 1. The maximum Gasteiger partial charge on any atom is 0.222 e. The lowest BCUT2D eigenvalue weighted by Crippen LogP contribution is -2.51. The summed E-state index contributed by atoms with van der Waals surface area (Å²) in [5.74, 6) is -0.188. The van der Waals surface area contributed by atoms with Crippen molar-refractivity contribution >= 4 is 27.5 Å². The van der Waals surface area contributed by atoms with Gasteiger partial charge in [0, 0.05) is 11.6 Å². The summed E-state index contributed by atoms with van der Waals surface area (Å²) in [4.78, 5) is 12.1. The van der Waals surface area contributed by atoms with E-state index in [1.54, 1.807) is 19.1 Å². The van der Waals surface area contributed by atoms with Crippen molar-refractivity contribution in [3.8, 4) is 0 Å². The highest BCUT2D eigenvalue weighted by molar-refractivity contribution is 7.89. The third kappa shape index (κ3) is 6.51. The van der Waals surface area contributed by atoms with Crippen LogP contribution >= 0.6 is 11.6 Å². The molecule has 0 aromatic heterocycles. The van der Waals surface area contributed by atoms with Crippen LogP contribution in [0.15, 0.2) is 24.3 Å². The van der Waals surface area contributed by atoms with Crippen LogP contribution in [0.4, 0.5) is 0 Å². The molecule has 1 fully saturated rings. The molecule has 1 aliphatic heterocycles. The fourth-order valence-corrected chi connectivity index (χ4v) is 3.84. The van der Waals surface area contributed by atoms with E-state index in [9.17, 15) is 18.3 Å². The molecule has 1 aliphatic rings. The summed E-state index contributed by atoms with van der Waals surface area (Å²) in [6.07, 6.45) is 0.220.